The predicted octanol–water partition coefficient (Wildman–Crippen LogP) is 1.41. The van der Waals surface area contributed by atoms with Crippen LogP contribution >= 0.6 is 0 Å². The van der Waals surface area contributed by atoms with Crippen LogP contribution in [0.2, 0.25) is 0 Å². The lowest BCUT2D eigenvalue weighted by molar-refractivity contribution is 0.394. The van der Waals surface area contributed by atoms with Crippen molar-refractivity contribution in [3.63, 3.8) is 0 Å². The molecule has 0 spiro atoms. The number of sulfonamides is 1. The minimum atomic E-state index is -3.83. The van der Waals surface area contributed by atoms with Gasteiger partial charge in [-0.1, -0.05) is 33.6 Å². The molecule has 2 N–H and O–H groups in total. The zero-order valence-electron chi connectivity index (χ0n) is 11.8. The standard InChI is InChI=1S/C12H22N4O2S/c1-9(2)8-16-10(12(3)6-4-5-7-12)14-15-11(16)19(13,17)18/h9H,4-8H2,1-3H3,(H2,13,17,18). The molecular weight excluding hydrogens is 264 g/mol. The molecule has 1 aliphatic rings. The van der Waals surface area contributed by atoms with Crippen LogP contribution in [0.3, 0.4) is 0 Å². The third kappa shape index (κ3) is 2.81. The summed E-state index contributed by atoms with van der Waals surface area (Å²) in [5.74, 6) is 1.07. The van der Waals surface area contributed by atoms with E-state index in [1.165, 1.54) is 0 Å². The third-order valence-corrected chi connectivity index (χ3v) is 4.58. The predicted molar refractivity (Wildman–Crippen MR) is 72.1 cm³/mol. The Hall–Kier alpha value is -0.950. The van der Waals surface area contributed by atoms with Gasteiger partial charge in [-0.05, 0) is 18.8 Å². The van der Waals surface area contributed by atoms with Gasteiger partial charge in [-0.25, -0.2) is 13.6 Å². The lowest BCUT2D eigenvalue weighted by atomic mass is 9.88. The van der Waals surface area contributed by atoms with E-state index in [1.807, 2.05) is 13.8 Å². The Balaban J connectivity index is 2.53. The van der Waals surface area contributed by atoms with Crippen molar-refractivity contribution in [3.8, 4) is 0 Å². The molecule has 1 saturated carbocycles. The lowest BCUT2D eigenvalue weighted by Gasteiger charge is -2.24. The van der Waals surface area contributed by atoms with Crippen molar-refractivity contribution in [1.29, 1.82) is 0 Å². The average Bonchev–Trinajstić information content (AvgIpc) is 2.83. The summed E-state index contributed by atoms with van der Waals surface area (Å²) in [6, 6.07) is 0. The highest BCUT2D eigenvalue weighted by Gasteiger charge is 2.37. The molecule has 2 rings (SSSR count). The van der Waals surface area contributed by atoms with E-state index in [4.69, 9.17) is 5.14 Å². The first kappa shape index (κ1) is 14.5. The maximum absolute atomic E-state index is 11.6. The fourth-order valence-electron chi connectivity index (χ4n) is 2.85. The second kappa shape index (κ2) is 4.86. The number of primary sulfonamides is 1. The van der Waals surface area contributed by atoms with Gasteiger partial charge in [-0.3, -0.25) is 0 Å². The molecule has 0 atom stereocenters. The molecule has 1 aromatic heterocycles. The van der Waals surface area contributed by atoms with Gasteiger partial charge in [0.15, 0.2) is 0 Å². The Labute approximate surface area is 114 Å². The molecule has 0 amide bonds. The molecule has 1 aromatic rings. The maximum Gasteiger partial charge on any atom is 0.273 e. The first-order chi connectivity index (χ1) is 8.74. The van der Waals surface area contributed by atoms with Crippen LogP contribution in [0.15, 0.2) is 5.16 Å². The van der Waals surface area contributed by atoms with Gasteiger partial charge in [0.1, 0.15) is 5.82 Å². The van der Waals surface area contributed by atoms with Crippen molar-refractivity contribution in [3.05, 3.63) is 5.82 Å². The third-order valence-electron chi connectivity index (χ3n) is 3.77. The van der Waals surface area contributed by atoms with Gasteiger partial charge in [0.05, 0.1) is 0 Å². The van der Waals surface area contributed by atoms with Crippen molar-refractivity contribution >= 4 is 10.0 Å². The molecule has 6 nitrogen and oxygen atoms in total. The van der Waals surface area contributed by atoms with Crippen molar-refractivity contribution in [1.82, 2.24) is 14.8 Å². The van der Waals surface area contributed by atoms with Crippen LogP contribution in [-0.2, 0) is 22.0 Å². The molecule has 0 aliphatic heterocycles. The van der Waals surface area contributed by atoms with Gasteiger partial charge in [-0.15, -0.1) is 10.2 Å². The van der Waals surface area contributed by atoms with Crippen LogP contribution in [0.4, 0.5) is 0 Å². The van der Waals surface area contributed by atoms with Crippen LogP contribution < -0.4 is 5.14 Å². The summed E-state index contributed by atoms with van der Waals surface area (Å²) in [6.07, 6.45) is 4.34. The molecule has 0 unspecified atom stereocenters. The van der Waals surface area contributed by atoms with Crippen molar-refractivity contribution < 1.29 is 8.42 Å². The van der Waals surface area contributed by atoms with Gasteiger partial charge >= 0.3 is 0 Å². The summed E-state index contributed by atoms with van der Waals surface area (Å²) in [7, 11) is -3.83. The van der Waals surface area contributed by atoms with E-state index in [0.717, 1.165) is 31.5 Å². The summed E-state index contributed by atoms with van der Waals surface area (Å²) < 4.78 is 24.9. The molecule has 1 aliphatic carbocycles. The van der Waals surface area contributed by atoms with Gasteiger partial charge in [-0.2, -0.15) is 0 Å². The summed E-state index contributed by atoms with van der Waals surface area (Å²) >= 11 is 0. The van der Waals surface area contributed by atoms with Crippen molar-refractivity contribution in [2.24, 2.45) is 11.1 Å². The molecule has 0 aromatic carbocycles. The van der Waals surface area contributed by atoms with E-state index >= 15 is 0 Å². The Bertz CT molecular complexity index is 556. The first-order valence-electron chi connectivity index (χ1n) is 6.70. The minimum absolute atomic E-state index is 0.0785. The highest BCUT2D eigenvalue weighted by atomic mass is 32.2. The van der Waals surface area contributed by atoms with E-state index < -0.39 is 10.0 Å². The van der Waals surface area contributed by atoms with Gasteiger partial charge in [0.2, 0.25) is 0 Å². The fraction of sp³-hybridized carbons (Fsp3) is 0.833. The topological polar surface area (TPSA) is 90.9 Å². The largest absolute Gasteiger partial charge is 0.300 e. The molecule has 7 heteroatoms. The normalized spacial score (nSPS) is 19.2. The van der Waals surface area contributed by atoms with Gasteiger partial charge < -0.3 is 4.57 Å². The molecule has 108 valence electrons. The SMILES string of the molecule is CC(C)Cn1c(C2(C)CCCC2)nnc1S(N)(=O)=O. The van der Waals surface area contributed by atoms with E-state index in [-0.39, 0.29) is 10.6 Å². The molecule has 0 bridgehead atoms. The van der Waals surface area contributed by atoms with Crippen LogP contribution in [0, 0.1) is 5.92 Å². The van der Waals surface area contributed by atoms with E-state index in [9.17, 15) is 8.42 Å². The number of rotatable bonds is 4. The molecule has 0 radical (unpaired) electrons. The fourth-order valence-corrected chi connectivity index (χ4v) is 3.48. The van der Waals surface area contributed by atoms with Crippen LogP contribution in [-0.4, -0.2) is 23.2 Å². The second-order valence-corrected chi connectivity index (χ2v) is 7.58. The first-order valence-corrected chi connectivity index (χ1v) is 8.25. The van der Waals surface area contributed by atoms with Gasteiger partial charge in [0.25, 0.3) is 15.2 Å². The lowest BCUT2D eigenvalue weighted by Crippen LogP contribution is -2.27. The Morgan fingerprint density at radius 2 is 1.89 bits per heavy atom. The molecule has 19 heavy (non-hydrogen) atoms. The molecule has 1 fully saturated rings. The van der Waals surface area contributed by atoms with Crippen molar-refractivity contribution in [2.75, 3.05) is 0 Å². The van der Waals surface area contributed by atoms with Crippen molar-refractivity contribution in [2.45, 2.75) is 63.6 Å². The number of hydrogen-bond donors (Lipinski definition) is 1. The Morgan fingerprint density at radius 1 is 1.32 bits per heavy atom. The van der Waals surface area contributed by atoms with Crippen LogP contribution in [0.1, 0.15) is 52.3 Å². The van der Waals surface area contributed by atoms with Gasteiger partial charge in [0, 0.05) is 12.0 Å². The Kier molecular flexibility index (Phi) is 3.70. The number of hydrogen-bond acceptors (Lipinski definition) is 4. The molecule has 1 heterocycles. The van der Waals surface area contributed by atoms with E-state index in [2.05, 4.69) is 17.1 Å². The number of nitrogens with zero attached hydrogens (tertiary/aromatic N) is 3. The van der Waals surface area contributed by atoms with Crippen LogP contribution in [0.5, 0.6) is 0 Å². The number of nitrogens with two attached hydrogens (primary N) is 1. The zero-order valence-corrected chi connectivity index (χ0v) is 12.6. The molecular formula is C12H22N4O2S. The average molecular weight is 286 g/mol. The zero-order chi connectivity index (χ0) is 14.3. The highest BCUT2D eigenvalue weighted by Crippen LogP contribution is 2.40. The second-order valence-electron chi connectivity index (χ2n) is 6.12. The highest BCUT2D eigenvalue weighted by molar-refractivity contribution is 7.89. The van der Waals surface area contributed by atoms with E-state index in [0.29, 0.717) is 12.5 Å². The number of aromatic nitrogens is 3. The smallest absolute Gasteiger partial charge is 0.273 e. The summed E-state index contributed by atoms with van der Waals surface area (Å²) in [6.45, 7) is 6.78. The summed E-state index contributed by atoms with van der Waals surface area (Å²) in [5.41, 5.74) is -0.0785. The monoisotopic (exact) mass is 286 g/mol. The molecule has 0 saturated heterocycles. The summed E-state index contributed by atoms with van der Waals surface area (Å²) in [4.78, 5) is 0. The quantitative estimate of drug-likeness (QED) is 0.906. The van der Waals surface area contributed by atoms with Crippen LogP contribution in [0.25, 0.3) is 0 Å². The minimum Gasteiger partial charge on any atom is -0.300 e. The Morgan fingerprint density at radius 3 is 2.37 bits per heavy atom. The maximum atomic E-state index is 11.6. The van der Waals surface area contributed by atoms with E-state index in [1.54, 1.807) is 4.57 Å². The summed E-state index contributed by atoms with van der Waals surface area (Å²) in [5, 5.41) is 13.1.